The van der Waals surface area contributed by atoms with Crippen molar-refractivity contribution in [3.05, 3.63) is 53.1 Å². The summed E-state index contributed by atoms with van der Waals surface area (Å²) in [5.74, 6) is 2.06. The summed E-state index contributed by atoms with van der Waals surface area (Å²) in [4.78, 5) is 0. The molecule has 0 fully saturated rings. The predicted molar refractivity (Wildman–Crippen MR) is 98.6 cm³/mol. The summed E-state index contributed by atoms with van der Waals surface area (Å²) >= 11 is 0. The van der Waals surface area contributed by atoms with Gasteiger partial charge in [0.2, 0.25) is 0 Å². The second-order valence-electron chi connectivity index (χ2n) is 6.88. The van der Waals surface area contributed by atoms with Crippen LogP contribution in [-0.4, -0.2) is 20.3 Å². The number of nitrogens with zero attached hydrogens (tertiary/aromatic N) is 1. The van der Waals surface area contributed by atoms with Gasteiger partial charge in [0.25, 0.3) is 0 Å². The Morgan fingerprint density at radius 3 is 2.36 bits per heavy atom. The fourth-order valence-corrected chi connectivity index (χ4v) is 2.59. The molecule has 0 aliphatic rings. The van der Waals surface area contributed by atoms with Crippen molar-refractivity contribution in [2.75, 3.05) is 20.3 Å². The predicted octanol–water partition coefficient (Wildman–Crippen LogP) is 4.63. The quantitative estimate of drug-likeness (QED) is 0.720. The molecule has 0 spiro atoms. The van der Waals surface area contributed by atoms with Gasteiger partial charge in [-0.3, -0.25) is 0 Å². The van der Waals surface area contributed by atoms with Crippen molar-refractivity contribution in [2.24, 2.45) is 0 Å². The van der Waals surface area contributed by atoms with Crippen molar-refractivity contribution in [2.45, 2.75) is 33.1 Å². The van der Waals surface area contributed by atoms with Crippen molar-refractivity contribution >= 4 is 0 Å². The molecule has 0 heterocycles. The molecule has 4 nitrogen and oxygen atoms in total. The molecular weight excluding hydrogens is 314 g/mol. The van der Waals surface area contributed by atoms with E-state index in [0.29, 0.717) is 30.3 Å². The summed E-state index contributed by atoms with van der Waals surface area (Å²) in [7, 11) is 1.58. The second-order valence-corrected chi connectivity index (χ2v) is 6.88. The van der Waals surface area contributed by atoms with Gasteiger partial charge in [-0.05, 0) is 35.6 Å². The van der Waals surface area contributed by atoms with Crippen LogP contribution in [0.5, 0.6) is 17.2 Å². The average Bonchev–Trinajstić information content (AvgIpc) is 2.58. The molecule has 0 atom stereocenters. The van der Waals surface area contributed by atoms with Crippen molar-refractivity contribution in [3.63, 3.8) is 0 Å². The van der Waals surface area contributed by atoms with Gasteiger partial charge in [0.1, 0.15) is 19.0 Å². The highest BCUT2D eigenvalue weighted by Crippen LogP contribution is 2.34. The molecule has 0 saturated heterocycles. The molecule has 0 aromatic heterocycles. The van der Waals surface area contributed by atoms with E-state index >= 15 is 0 Å². The number of ether oxygens (including phenoxy) is 3. The van der Waals surface area contributed by atoms with Crippen LogP contribution >= 0.6 is 0 Å². The summed E-state index contributed by atoms with van der Waals surface area (Å²) in [6.07, 6.45) is 0. The minimum atomic E-state index is 0.00651. The van der Waals surface area contributed by atoms with Crippen molar-refractivity contribution in [3.8, 4) is 23.3 Å². The molecule has 0 aliphatic heterocycles. The van der Waals surface area contributed by atoms with Crippen LogP contribution in [-0.2, 0) is 5.41 Å². The third-order valence-corrected chi connectivity index (χ3v) is 3.90. The summed E-state index contributed by atoms with van der Waals surface area (Å²) in [5.41, 5.74) is 2.82. The zero-order valence-corrected chi connectivity index (χ0v) is 15.6. The Bertz CT molecular complexity index is 770. The summed E-state index contributed by atoms with van der Waals surface area (Å²) in [5, 5.41) is 9.01. The molecule has 2 aromatic carbocycles. The average molecular weight is 339 g/mol. The van der Waals surface area contributed by atoms with Crippen molar-refractivity contribution < 1.29 is 14.2 Å². The number of benzene rings is 2. The third kappa shape index (κ3) is 4.67. The van der Waals surface area contributed by atoms with Gasteiger partial charge in [0.05, 0.1) is 18.7 Å². The zero-order chi connectivity index (χ0) is 18.4. The minimum Gasteiger partial charge on any atom is -0.493 e. The number of methoxy groups -OCH3 is 1. The Morgan fingerprint density at radius 1 is 1.00 bits per heavy atom. The van der Waals surface area contributed by atoms with E-state index in [1.54, 1.807) is 25.3 Å². The molecule has 0 unspecified atom stereocenters. The lowest BCUT2D eigenvalue weighted by Gasteiger charge is -2.24. The fourth-order valence-electron chi connectivity index (χ4n) is 2.59. The number of nitriles is 1. The molecule has 0 N–H and O–H groups in total. The van der Waals surface area contributed by atoms with Gasteiger partial charge in [0, 0.05) is 6.07 Å². The third-order valence-electron chi connectivity index (χ3n) is 3.90. The highest BCUT2D eigenvalue weighted by molar-refractivity contribution is 5.47. The molecule has 0 aliphatic carbocycles. The highest BCUT2D eigenvalue weighted by Gasteiger charge is 2.20. The smallest absolute Gasteiger partial charge is 0.162 e. The van der Waals surface area contributed by atoms with Crippen LogP contribution in [0.1, 0.15) is 37.5 Å². The Morgan fingerprint density at radius 2 is 1.72 bits per heavy atom. The van der Waals surface area contributed by atoms with Crippen LogP contribution in [0.4, 0.5) is 0 Å². The number of hydrogen-bond acceptors (Lipinski definition) is 4. The molecular formula is C21H25NO3. The number of aryl methyl sites for hydroxylation is 1. The largest absolute Gasteiger partial charge is 0.493 e. The molecule has 132 valence electrons. The Labute approximate surface area is 150 Å². The van der Waals surface area contributed by atoms with Crippen LogP contribution in [0.25, 0.3) is 0 Å². The van der Waals surface area contributed by atoms with E-state index in [4.69, 9.17) is 19.5 Å². The number of rotatable bonds is 6. The van der Waals surface area contributed by atoms with E-state index < -0.39 is 0 Å². The van der Waals surface area contributed by atoms with Crippen LogP contribution < -0.4 is 14.2 Å². The first kappa shape index (κ1) is 18.7. The Balaban J connectivity index is 2.05. The topological polar surface area (TPSA) is 51.5 Å². The second kappa shape index (κ2) is 7.94. The maximum atomic E-state index is 9.01. The molecule has 4 heteroatoms. The van der Waals surface area contributed by atoms with Gasteiger partial charge in [0.15, 0.2) is 11.5 Å². The lowest BCUT2D eigenvalue weighted by Crippen LogP contribution is -2.16. The van der Waals surface area contributed by atoms with Crippen LogP contribution in [0.15, 0.2) is 36.4 Å². The van der Waals surface area contributed by atoms with Crippen LogP contribution in [0.3, 0.4) is 0 Å². The summed E-state index contributed by atoms with van der Waals surface area (Å²) in [6.45, 7) is 9.33. The minimum absolute atomic E-state index is 0.00651. The molecule has 0 radical (unpaired) electrons. The standard InChI is InChI=1S/C21H25NO3/c1-15-7-6-8-17(21(2,3)4)20(15)25-12-11-24-19-13-16(14-22)9-10-18(19)23-5/h6-10,13H,11-12H2,1-5H3. The summed E-state index contributed by atoms with van der Waals surface area (Å²) < 4.78 is 17.0. The van der Waals surface area contributed by atoms with Crippen LogP contribution in [0.2, 0.25) is 0 Å². The molecule has 0 bridgehead atoms. The van der Waals surface area contributed by atoms with E-state index in [0.717, 1.165) is 11.3 Å². The van der Waals surface area contributed by atoms with E-state index in [2.05, 4.69) is 39.0 Å². The van der Waals surface area contributed by atoms with E-state index in [-0.39, 0.29) is 5.41 Å². The van der Waals surface area contributed by atoms with E-state index in [1.807, 2.05) is 13.0 Å². The number of para-hydroxylation sites is 1. The van der Waals surface area contributed by atoms with Gasteiger partial charge in [-0.1, -0.05) is 39.0 Å². The summed E-state index contributed by atoms with van der Waals surface area (Å²) in [6, 6.07) is 13.4. The van der Waals surface area contributed by atoms with E-state index in [1.165, 1.54) is 5.56 Å². The van der Waals surface area contributed by atoms with Gasteiger partial charge in [-0.15, -0.1) is 0 Å². The molecule has 0 amide bonds. The molecule has 25 heavy (non-hydrogen) atoms. The van der Waals surface area contributed by atoms with Gasteiger partial charge < -0.3 is 14.2 Å². The molecule has 2 rings (SSSR count). The first-order chi connectivity index (χ1) is 11.9. The van der Waals surface area contributed by atoms with Gasteiger partial charge in [-0.25, -0.2) is 0 Å². The maximum absolute atomic E-state index is 9.01. The van der Waals surface area contributed by atoms with Crippen LogP contribution in [0, 0.1) is 18.3 Å². The SMILES string of the molecule is COc1ccc(C#N)cc1OCCOc1c(C)cccc1C(C)(C)C. The van der Waals surface area contributed by atoms with Gasteiger partial charge in [-0.2, -0.15) is 5.26 Å². The van der Waals surface area contributed by atoms with Gasteiger partial charge >= 0.3 is 0 Å². The lowest BCUT2D eigenvalue weighted by molar-refractivity contribution is 0.208. The highest BCUT2D eigenvalue weighted by atomic mass is 16.5. The molecule has 0 saturated carbocycles. The van der Waals surface area contributed by atoms with E-state index in [9.17, 15) is 0 Å². The normalized spacial score (nSPS) is 10.9. The molecule has 2 aromatic rings. The van der Waals surface area contributed by atoms with Crippen molar-refractivity contribution in [1.29, 1.82) is 5.26 Å². The Kier molecular flexibility index (Phi) is 5.93. The zero-order valence-electron chi connectivity index (χ0n) is 15.6. The Hall–Kier alpha value is -2.67. The monoisotopic (exact) mass is 339 g/mol. The van der Waals surface area contributed by atoms with Crippen molar-refractivity contribution in [1.82, 2.24) is 0 Å². The fraction of sp³-hybridized carbons (Fsp3) is 0.381. The number of hydrogen-bond donors (Lipinski definition) is 0. The lowest BCUT2D eigenvalue weighted by atomic mass is 9.85. The maximum Gasteiger partial charge on any atom is 0.162 e. The first-order valence-corrected chi connectivity index (χ1v) is 8.30. The first-order valence-electron chi connectivity index (χ1n) is 8.30.